The van der Waals surface area contributed by atoms with E-state index in [9.17, 15) is 28.8 Å². The summed E-state index contributed by atoms with van der Waals surface area (Å²) in [5.74, 6) is -5.08. The second-order valence-electron chi connectivity index (χ2n) is 8.99. The molecule has 0 spiro atoms. The summed E-state index contributed by atoms with van der Waals surface area (Å²) in [6, 6.07) is -2.40. The van der Waals surface area contributed by atoms with Gasteiger partial charge in [-0.15, -0.1) is 0 Å². The van der Waals surface area contributed by atoms with Crippen LogP contribution >= 0.6 is 0 Å². The molecule has 0 aromatic heterocycles. The lowest BCUT2D eigenvalue weighted by Gasteiger charge is -2.07. The van der Waals surface area contributed by atoms with E-state index in [4.69, 9.17) is 47.8 Å². The zero-order valence-corrected chi connectivity index (χ0v) is 24.2. The van der Waals surface area contributed by atoms with E-state index in [1.165, 1.54) is 6.92 Å². The summed E-state index contributed by atoms with van der Waals surface area (Å²) in [4.78, 5) is 58.3. The predicted molar refractivity (Wildman–Crippen MR) is 149 cm³/mol. The van der Waals surface area contributed by atoms with Gasteiger partial charge in [-0.05, 0) is 44.6 Å². The minimum atomic E-state index is -0.968. The minimum absolute atomic E-state index is 0.0208. The average molecular weight is 603 g/mol. The molecule has 0 bridgehead atoms. The van der Waals surface area contributed by atoms with Gasteiger partial charge in [0.25, 0.3) is 0 Å². The largest absolute Gasteiger partial charge is 0.480 e. The van der Waals surface area contributed by atoms with Crippen LogP contribution in [-0.4, -0.2) is 110 Å². The second-order valence-corrected chi connectivity index (χ2v) is 8.99. The Morgan fingerprint density at radius 1 is 0.732 bits per heavy atom. The van der Waals surface area contributed by atoms with Crippen LogP contribution < -0.4 is 34.0 Å². The quantitative estimate of drug-likeness (QED) is 0.133. The third-order valence-electron chi connectivity index (χ3n) is 4.14. The number of hydrogen-bond donors (Lipinski definition) is 12. The van der Waals surface area contributed by atoms with Crippen LogP contribution in [0.3, 0.4) is 0 Å². The van der Waals surface area contributed by atoms with Gasteiger partial charge >= 0.3 is 35.8 Å². The highest BCUT2D eigenvalue weighted by atomic mass is 16.4. The highest BCUT2D eigenvalue weighted by Gasteiger charge is 2.20. The molecular formula is C23H50N6O12. The van der Waals surface area contributed by atoms with E-state index in [1.807, 2.05) is 13.8 Å². The molecule has 41 heavy (non-hydrogen) atoms. The molecule has 0 aromatic rings. The number of hydrogen-bond acceptors (Lipinski definition) is 12. The van der Waals surface area contributed by atoms with Crippen LogP contribution in [0.1, 0.15) is 53.9 Å². The van der Waals surface area contributed by atoms with E-state index in [0.717, 1.165) is 19.4 Å². The first-order chi connectivity index (χ1) is 18.6. The van der Waals surface area contributed by atoms with E-state index >= 15 is 0 Å². The van der Waals surface area contributed by atoms with Crippen LogP contribution in [0.4, 0.5) is 0 Å². The standard InChI is InChI=1S/C6H13NO2.C5H9NO2.C5H11NO2.C3H7NO2.2C2H5NO2/c1-4(2)3-5(7)6(8)9;7-5(8)4-2-1-3-6-4;1-3(2)4(6)5(7)8;1-2(4)3(5)6;2*3-1-2(4)5/h4-5H,3,7H2,1-2H3,(H,8,9);4,6H,1-3H2,(H,7,8);3-4H,6H2,1-2H3,(H,7,8);2H,4H2,1H3,(H,5,6);2*1,3H2,(H,4,5)/t5-;2*4-;2-;;/m0000../s1. The van der Waals surface area contributed by atoms with Crippen LogP contribution in [0.15, 0.2) is 0 Å². The summed E-state index contributed by atoms with van der Waals surface area (Å²) in [5.41, 5.74) is 24.4. The first kappa shape index (κ1) is 47.4. The van der Waals surface area contributed by atoms with Gasteiger partial charge in [0.05, 0.1) is 13.1 Å². The zero-order valence-electron chi connectivity index (χ0n) is 24.2. The van der Waals surface area contributed by atoms with Gasteiger partial charge in [0, 0.05) is 0 Å². The molecule has 17 N–H and O–H groups in total. The Morgan fingerprint density at radius 3 is 1.17 bits per heavy atom. The predicted octanol–water partition coefficient (Wildman–Crippen LogP) is -2.20. The fourth-order valence-corrected chi connectivity index (χ4v) is 1.79. The van der Waals surface area contributed by atoms with Crippen LogP contribution in [0.25, 0.3) is 0 Å². The molecule has 0 radical (unpaired) electrons. The maximum atomic E-state index is 10.1. The molecule has 1 heterocycles. The van der Waals surface area contributed by atoms with Gasteiger partial charge in [-0.25, -0.2) is 0 Å². The number of nitrogens with one attached hydrogen (secondary N) is 1. The van der Waals surface area contributed by atoms with Gasteiger partial charge in [-0.1, -0.05) is 27.7 Å². The van der Waals surface area contributed by atoms with Crippen LogP contribution in [0.5, 0.6) is 0 Å². The summed E-state index contributed by atoms with van der Waals surface area (Å²) in [6.45, 7) is 9.17. The number of nitrogens with two attached hydrogens (primary N) is 5. The van der Waals surface area contributed by atoms with Crippen molar-refractivity contribution in [3.05, 3.63) is 0 Å². The molecule has 1 saturated heterocycles. The third kappa shape index (κ3) is 43.9. The second kappa shape index (κ2) is 29.6. The monoisotopic (exact) mass is 602 g/mol. The lowest BCUT2D eigenvalue weighted by Crippen LogP contribution is -2.34. The molecule has 244 valence electrons. The van der Waals surface area contributed by atoms with E-state index in [2.05, 4.69) is 16.8 Å². The van der Waals surface area contributed by atoms with Gasteiger partial charge in [0.2, 0.25) is 0 Å². The van der Waals surface area contributed by atoms with E-state index < -0.39 is 53.9 Å². The molecule has 1 fully saturated rings. The maximum Gasteiger partial charge on any atom is 0.320 e. The number of rotatable bonds is 9. The molecule has 0 amide bonds. The number of carboxylic acid groups (broad SMARTS) is 6. The normalized spacial score (nSPS) is 15.1. The van der Waals surface area contributed by atoms with Crippen molar-refractivity contribution in [3.8, 4) is 0 Å². The van der Waals surface area contributed by atoms with Crippen molar-refractivity contribution in [1.29, 1.82) is 0 Å². The molecule has 18 heteroatoms. The summed E-state index contributed by atoms with van der Waals surface area (Å²) < 4.78 is 0. The molecule has 0 saturated carbocycles. The smallest absolute Gasteiger partial charge is 0.320 e. The third-order valence-corrected chi connectivity index (χ3v) is 4.14. The molecule has 0 unspecified atom stereocenters. The van der Waals surface area contributed by atoms with Crippen molar-refractivity contribution in [3.63, 3.8) is 0 Å². The molecule has 18 nitrogen and oxygen atoms in total. The molecule has 0 aliphatic carbocycles. The number of carbonyl (C=O) groups is 6. The Balaban J connectivity index is -0.000000128. The van der Waals surface area contributed by atoms with Crippen molar-refractivity contribution < 1.29 is 59.4 Å². The summed E-state index contributed by atoms with van der Waals surface area (Å²) in [7, 11) is 0. The van der Waals surface area contributed by atoms with Gasteiger partial charge < -0.3 is 64.6 Å². The molecule has 1 aliphatic rings. The molecular weight excluding hydrogens is 552 g/mol. The average Bonchev–Trinajstić information content (AvgIpc) is 3.40. The summed E-state index contributed by atoms with van der Waals surface area (Å²) in [5, 5.41) is 50.8. The highest BCUT2D eigenvalue weighted by molar-refractivity contribution is 5.74. The van der Waals surface area contributed by atoms with Crippen LogP contribution in [-0.2, 0) is 28.8 Å². The van der Waals surface area contributed by atoms with Crippen molar-refractivity contribution in [2.24, 2.45) is 40.5 Å². The Labute approximate surface area is 239 Å². The van der Waals surface area contributed by atoms with Gasteiger partial charge in [0.15, 0.2) is 0 Å². The minimum Gasteiger partial charge on any atom is -0.480 e. The first-order valence-electron chi connectivity index (χ1n) is 12.3. The topological polar surface area (TPSA) is 366 Å². The van der Waals surface area contributed by atoms with Gasteiger partial charge in [-0.2, -0.15) is 0 Å². The van der Waals surface area contributed by atoms with E-state index in [1.54, 1.807) is 13.8 Å². The molecule has 1 aliphatic heterocycles. The van der Waals surface area contributed by atoms with Crippen molar-refractivity contribution in [2.75, 3.05) is 19.6 Å². The fourth-order valence-electron chi connectivity index (χ4n) is 1.79. The first-order valence-corrected chi connectivity index (χ1v) is 12.3. The van der Waals surface area contributed by atoms with Crippen molar-refractivity contribution in [2.45, 2.75) is 78.0 Å². The number of aliphatic carboxylic acids is 6. The lowest BCUT2D eigenvalue weighted by atomic mass is 10.1. The van der Waals surface area contributed by atoms with Gasteiger partial charge in [-0.3, -0.25) is 28.8 Å². The van der Waals surface area contributed by atoms with Crippen LogP contribution in [0, 0.1) is 11.8 Å². The highest BCUT2D eigenvalue weighted by Crippen LogP contribution is 2.03. The van der Waals surface area contributed by atoms with E-state index in [-0.39, 0.29) is 25.0 Å². The fraction of sp³-hybridized carbons (Fsp3) is 0.739. The lowest BCUT2D eigenvalue weighted by molar-refractivity contribution is -0.140. The Bertz CT molecular complexity index is 719. The maximum absolute atomic E-state index is 10.1. The summed E-state index contributed by atoms with van der Waals surface area (Å²) >= 11 is 0. The Hall–Kier alpha value is -3.42. The van der Waals surface area contributed by atoms with Gasteiger partial charge in [0.1, 0.15) is 24.2 Å². The van der Waals surface area contributed by atoms with Crippen molar-refractivity contribution in [1.82, 2.24) is 5.32 Å². The number of carboxylic acids is 6. The van der Waals surface area contributed by atoms with E-state index in [0.29, 0.717) is 12.3 Å². The molecule has 1 rings (SSSR count). The zero-order chi connectivity index (χ0) is 33.9. The SMILES string of the molecule is CC(C)C[C@H](N)C(=O)O.CC(C)[C@H](N)C(=O)O.C[C@H](N)C(=O)O.NCC(=O)O.NCC(=O)O.O=C(O)[C@@H]1CCCN1. The Morgan fingerprint density at radius 2 is 1.10 bits per heavy atom. The molecule has 0 aromatic carbocycles. The Kier molecular flexibility index (Phi) is 34.2. The van der Waals surface area contributed by atoms with Crippen molar-refractivity contribution >= 4 is 35.8 Å². The molecule has 4 atom stereocenters. The summed E-state index contributed by atoms with van der Waals surface area (Å²) in [6.07, 6.45) is 2.33. The van der Waals surface area contributed by atoms with Crippen LogP contribution in [0.2, 0.25) is 0 Å².